The van der Waals surface area contributed by atoms with Gasteiger partial charge in [-0.2, -0.15) is 0 Å². The van der Waals surface area contributed by atoms with E-state index in [9.17, 15) is 0 Å². The van der Waals surface area contributed by atoms with E-state index in [1.807, 2.05) is 0 Å². The molecule has 0 aromatic heterocycles. The van der Waals surface area contributed by atoms with Gasteiger partial charge in [0.15, 0.2) is 0 Å². The molecule has 0 radical (unpaired) electrons. The quantitative estimate of drug-likeness (QED) is 0.629. The number of hydrogen-bond acceptors (Lipinski definition) is 3. The summed E-state index contributed by atoms with van der Waals surface area (Å²) in [4.78, 5) is 2.43. The maximum atomic E-state index is 3.58. The van der Waals surface area contributed by atoms with Crippen LogP contribution in [0.1, 0.15) is 6.42 Å². The Bertz CT molecular complexity index is 156. The summed E-state index contributed by atoms with van der Waals surface area (Å²) in [6.45, 7) is 7.45. The summed E-state index contributed by atoms with van der Waals surface area (Å²) in [7, 11) is 2.22. The van der Waals surface area contributed by atoms with Gasteiger partial charge >= 0.3 is 0 Å². The Hall–Kier alpha value is -0.120. The average Bonchev–Trinajstić information content (AvgIpc) is 2.42. The molecule has 2 rings (SSSR count). The van der Waals surface area contributed by atoms with Crippen LogP contribution in [-0.2, 0) is 0 Å². The lowest BCUT2D eigenvalue weighted by atomic mass is 10.0. The fourth-order valence-electron chi connectivity index (χ4n) is 2.18. The van der Waals surface area contributed by atoms with Gasteiger partial charge in [-0.05, 0) is 38.4 Å². The van der Waals surface area contributed by atoms with Crippen LogP contribution >= 0.6 is 0 Å². The zero-order valence-electron chi connectivity index (χ0n) is 8.55. The smallest absolute Gasteiger partial charge is 0.00192 e. The van der Waals surface area contributed by atoms with Crippen LogP contribution in [0.2, 0.25) is 0 Å². The van der Waals surface area contributed by atoms with E-state index in [-0.39, 0.29) is 0 Å². The molecule has 3 nitrogen and oxygen atoms in total. The highest BCUT2D eigenvalue weighted by Gasteiger charge is 2.20. The molecule has 1 atom stereocenters. The summed E-state index contributed by atoms with van der Waals surface area (Å²) in [5.41, 5.74) is 0. The van der Waals surface area contributed by atoms with Crippen molar-refractivity contribution in [1.82, 2.24) is 15.5 Å². The Balaban J connectivity index is 1.52. The molecule has 0 aliphatic carbocycles. The molecule has 0 saturated carbocycles. The Labute approximate surface area is 80.9 Å². The van der Waals surface area contributed by atoms with Crippen molar-refractivity contribution in [3.63, 3.8) is 0 Å². The molecular formula is C10H21N3. The third-order valence-corrected chi connectivity index (χ3v) is 3.22. The Morgan fingerprint density at radius 3 is 2.62 bits per heavy atom. The van der Waals surface area contributed by atoms with E-state index in [4.69, 9.17) is 0 Å². The Kier molecular flexibility index (Phi) is 3.19. The van der Waals surface area contributed by atoms with Crippen molar-refractivity contribution in [2.45, 2.75) is 6.42 Å². The predicted molar refractivity (Wildman–Crippen MR) is 54.8 cm³/mol. The van der Waals surface area contributed by atoms with Gasteiger partial charge in [-0.15, -0.1) is 0 Å². The minimum Gasteiger partial charge on any atom is -0.316 e. The number of nitrogens with zero attached hydrogens (tertiary/aromatic N) is 1. The van der Waals surface area contributed by atoms with Gasteiger partial charge in [-0.3, -0.25) is 0 Å². The van der Waals surface area contributed by atoms with Gasteiger partial charge < -0.3 is 15.5 Å². The monoisotopic (exact) mass is 183 g/mol. The maximum Gasteiger partial charge on any atom is 0.00192 e. The molecule has 2 fully saturated rings. The van der Waals surface area contributed by atoms with E-state index >= 15 is 0 Å². The Morgan fingerprint density at radius 2 is 2.08 bits per heavy atom. The summed E-state index contributed by atoms with van der Waals surface area (Å²) in [6, 6.07) is 0. The van der Waals surface area contributed by atoms with Gasteiger partial charge in [-0.25, -0.2) is 0 Å². The second-order valence-electron chi connectivity index (χ2n) is 4.60. The molecule has 2 N–H and O–H groups in total. The fraction of sp³-hybridized carbons (Fsp3) is 1.00. The van der Waals surface area contributed by atoms with Gasteiger partial charge in [0.2, 0.25) is 0 Å². The van der Waals surface area contributed by atoms with Crippen molar-refractivity contribution in [2.24, 2.45) is 11.8 Å². The maximum absolute atomic E-state index is 3.58. The van der Waals surface area contributed by atoms with Crippen LogP contribution < -0.4 is 10.6 Å². The number of nitrogens with one attached hydrogen (secondary N) is 2. The SMILES string of the molecule is CN1CCC(CNCC2CNC2)C1. The molecule has 1 unspecified atom stereocenters. The van der Waals surface area contributed by atoms with E-state index in [1.54, 1.807) is 0 Å². The molecule has 0 bridgehead atoms. The van der Waals surface area contributed by atoms with Crippen molar-refractivity contribution in [2.75, 3.05) is 46.3 Å². The largest absolute Gasteiger partial charge is 0.316 e. The first-order valence-corrected chi connectivity index (χ1v) is 5.44. The first-order chi connectivity index (χ1) is 6.34. The summed E-state index contributed by atoms with van der Waals surface area (Å²) in [5, 5.41) is 6.88. The van der Waals surface area contributed by atoms with Gasteiger partial charge in [0.05, 0.1) is 0 Å². The van der Waals surface area contributed by atoms with Crippen molar-refractivity contribution >= 4 is 0 Å². The highest BCUT2D eigenvalue weighted by Crippen LogP contribution is 2.13. The normalized spacial score (nSPS) is 30.7. The van der Waals surface area contributed by atoms with Gasteiger partial charge in [0.25, 0.3) is 0 Å². The molecule has 2 aliphatic heterocycles. The first-order valence-electron chi connectivity index (χ1n) is 5.44. The van der Waals surface area contributed by atoms with Gasteiger partial charge in [0.1, 0.15) is 0 Å². The lowest BCUT2D eigenvalue weighted by molar-refractivity contribution is 0.319. The second kappa shape index (κ2) is 4.40. The van der Waals surface area contributed by atoms with E-state index in [1.165, 1.54) is 45.7 Å². The fourth-order valence-corrected chi connectivity index (χ4v) is 2.18. The van der Waals surface area contributed by atoms with E-state index in [0.717, 1.165) is 11.8 Å². The minimum atomic E-state index is 0.901. The number of hydrogen-bond donors (Lipinski definition) is 2. The molecule has 2 heterocycles. The van der Waals surface area contributed by atoms with Crippen molar-refractivity contribution < 1.29 is 0 Å². The topological polar surface area (TPSA) is 27.3 Å². The molecule has 13 heavy (non-hydrogen) atoms. The number of likely N-dealkylation sites (tertiary alicyclic amines) is 1. The molecule has 0 aromatic carbocycles. The predicted octanol–water partition coefficient (Wildman–Crippen LogP) is -0.253. The molecule has 2 saturated heterocycles. The molecule has 3 heteroatoms. The standard InChI is InChI=1S/C10H21N3/c1-13-3-2-9(8-13)4-11-5-10-6-12-7-10/h9-12H,2-8H2,1H3. The lowest BCUT2D eigenvalue weighted by Gasteiger charge is -2.27. The zero-order valence-corrected chi connectivity index (χ0v) is 8.55. The molecule has 2 aliphatic rings. The first kappa shape index (κ1) is 9.44. The van der Waals surface area contributed by atoms with Crippen molar-refractivity contribution in [3.8, 4) is 0 Å². The molecule has 0 amide bonds. The van der Waals surface area contributed by atoms with Crippen LogP contribution in [0.25, 0.3) is 0 Å². The molecular weight excluding hydrogens is 162 g/mol. The summed E-state index contributed by atoms with van der Waals surface area (Å²) < 4.78 is 0. The van der Waals surface area contributed by atoms with Crippen LogP contribution in [0, 0.1) is 11.8 Å². The summed E-state index contributed by atoms with van der Waals surface area (Å²) >= 11 is 0. The van der Waals surface area contributed by atoms with Crippen LogP contribution in [0.5, 0.6) is 0 Å². The summed E-state index contributed by atoms with van der Waals surface area (Å²) in [6.07, 6.45) is 1.38. The average molecular weight is 183 g/mol. The van der Waals surface area contributed by atoms with Crippen molar-refractivity contribution in [1.29, 1.82) is 0 Å². The molecule has 76 valence electrons. The zero-order chi connectivity index (χ0) is 9.10. The van der Waals surface area contributed by atoms with Gasteiger partial charge in [0, 0.05) is 26.2 Å². The van der Waals surface area contributed by atoms with Crippen LogP contribution in [0.15, 0.2) is 0 Å². The van der Waals surface area contributed by atoms with Crippen LogP contribution in [-0.4, -0.2) is 51.2 Å². The molecule has 0 spiro atoms. The van der Waals surface area contributed by atoms with E-state index < -0.39 is 0 Å². The number of rotatable bonds is 4. The minimum absolute atomic E-state index is 0.901. The third kappa shape index (κ3) is 2.66. The van der Waals surface area contributed by atoms with Gasteiger partial charge in [-0.1, -0.05) is 0 Å². The third-order valence-electron chi connectivity index (χ3n) is 3.22. The Morgan fingerprint density at radius 1 is 1.31 bits per heavy atom. The highest BCUT2D eigenvalue weighted by atomic mass is 15.1. The van der Waals surface area contributed by atoms with E-state index in [0.29, 0.717) is 0 Å². The van der Waals surface area contributed by atoms with Crippen LogP contribution in [0.3, 0.4) is 0 Å². The molecule has 0 aromatic rings. The highest BCUT2D eigenvalue weighted by molar-refractivity contribution is 4.79. The second-order valence-corrected chi connectivity index (χ2v) is 4.60. The van der Waals surface area contributed by atoms with Crippen molar-refractivity contribution in [3.05, 3.63) is 0 Å². The summed E-state index contributed by atoms with van der Waals surface area (Å²) in [5.74, 6) is 1.80. The van der Waals surface area contributed by atoms with Crippen LogP contribution in [0.4, 0.5) is 0 Å². The van der Waals surface area contributed by atoms with E-state index in [2.05, 4.69) is 22.6 Å². The lowest BCUT2D eigenvalue weighted by Crippen LogP contribution is -2.47.